The molecule has 0 saturated carbocycles. The van der Waals surface area contributed by atoms with Crippen molar-refractivity contribution in [3.8, 4) is 0 Å². The number of carbonyl (C=O) groups is 2. The standard InChI is InChI=1S/C14H8BrF2NO3/c15-9-3-1-7(5-10(9)16)13(19)18-12-4-2-8(14(20)21)6-11(12)17/h1-6H,(H,18,19)(H,20,21). The summed E-state index contributed by atoms with van der Waals surface area (Å²) in [6.07, 6.45) is 0. The van der Waals surface area contributed by atoms with E-state index in [1.54, 1.807) is 0 Å². The van der Waals surface area contributed by atoms with Crippen molar-refractivity contribution < 1.29 is 23.5 Å². The van der Waals surface area contributed by atoms with Crippen LogP contribution < -0.4 is 5.32 Å². The molecule has 0 aromatic heterocycles. The van der Waals surface area contributed by atoms with E-state index in [0.717, 1.165) is 24.3 Å². The van der Waals surface area contributed by atoms with Crippen molar-refractivity contribution in [1.29, 1.82) is 0 Å². The van der Waals surface area contributed by atoms with Gasteiger partial charge >= 0.3 is 5.97 Å². The van der Waals surface area contributed by atoms with Crippen molar-refractivity contribution in [2.45, 2.75) is 0 Å². The van der Waals surface area contributed by atoms with Crippen LogP contribution >= 0.6 is 15.9 Å². The second-order valence-electron chi connectivity index (χ2n) is 4.08. The molecule has 0 aliphatic heterocycles. The fraction of sp³-hybridized carbons (Fsp3) is 0. The topological polar surface area (TPSA) is 66.4 Å². The molecule has 21 heavy (non-hydrogen) atoms. The molecule has 0 saturated heterocycles. The van der Waals surface area contributed by atoms with Gasteiger partial charge in [0.25, 0.3) is 5.91 Å². The fourth-order valence-electron chi connectivity index (χ4n) is 1.58. The second-order valence-corrected chi connectivity index (χ2v) is 4.94. The van der Waals surface area contributed by atoms with Crippen LogP contribution in [0.5, 0.6) is 0 Å². The van der Waals surface area contributed by atoms with Gasteiger partial charge in [0.05, 0.1) is 15.7 Å². The van der Waals surface area contributed by atoms with Crippen LogP contribution in [0.2, 0.25) is 0 Å². The van der Waals surface area contributed by atoms with Crippen molar-refractivity contribution in [3.63, 3.8) is 0 Å². The first-order valence-electron chi connectivity index (χ1n) is 5.67. The summed E-state index contributed by atoms with van der Waals surface area (Å²) in [5, 5.41) is 11.0. The number of anilines is 1. The number of amides is 1. The number of carbonyl (C=O) groups excluding carboxylic acids is 1. The molecule has 0 heterocycles. The molecule has 0 unspecified atom stereocenters. The van der Waals surface area contributed by atoms with Crippen molar-refractivity contribution in [3.05, 3.63) is 63.6 Å². The minimum atomic E-state index is -1.28. The van der Waals surface area contributed by atoms with Gasteiger partial charge in [-0.1, -0.05) is 0 Å². The van der Waals surface area contributed by atoms with E-state index in [1.165, 1.54) is 12.1 Å². The van der Waals surface area contributed by atoms with E-state index in [-0.39, 0.29) is 21.3 Å². The zero-order valence-electron chi connectivity index (χ0n) is 10.4. The Bertz CT molecular complexity index is 734. The maximum Gasteiger partial charge on any atom is 0.335 e. The van der Waals surface area contributed by atoms with E-state index in [4.69, 9.17) is 5.11 Å². The fourth-order valence-corrected chi connectivity index (χ4v) is 1.83. The smallest absolute Gasteiger partial charge is 0.335 e. The molecular formula is C14H8BrF2NO3. The average molecular weight is 356 g/mol. The third-order valence-corrected chi connectivity index (χ3v) is 3.29. The van der Waals surface area contributed by atoms with Gasteiger partial charge in [-0.3, -0.25) is 4.79 Å². The largest absolute Gasteiger partial charge is 0.478 e. The van der Waals surface area contributed by atoms with E-state index in [0.29, 0.717) is 0 Å². The third kappa shape index (κ3) is 3.43. The van der Waals surface area contributed by atoms with Crippen molar-refractivity contribution >= 4 is 33.5 Å². The molecular weight excluding hydrogens is 348 g/mol. The molecule has 0 radical (unpaired) electrons. The summed E-state index contributed by atoms with van der Waals surface area (Å²) in [7, 11) is 0. The summed E-state index contributed by atoms with van der Waals surface area (Å²) in [6, 6.07) is 6.80. The summed E-state index contributed by atoms with van der Waals surface area (Å²) in [5.41, 5.74) is -0.411. The molecule has 2 rings (SSSR count). The van der Waals surface area contributed by atoms with Crippen LogP contribution in [0.4, 0.5) is 14.5 Å². The van der Waals surface area contributed by atoms with Gasteiger partial charge in [0.1, 0.15) is 11.6 Å². The van der Waals surface area contributed by atoms with Crippen LogP contribution in [-0.2, 0) is 0 Å². The Hall–Kier alpha value is -2.28. The van der Waals surface area contributed by atoms with Gasteiger partial charge < -0.3 is 10.4 Å². The Morgan fingerprint density at radius 1 is 1.00 bits per heavy atom. The zero-order valence-corrected chi connectivity index (χ0v) is 11.9. The molecule has 7 heteroatoms. The number of hydrogen-bond donors (Lipinski definition) is 2. The van der Waals surface area contributed by atoms with Gasteiger partial charge in [0.2, 0.25) is 0 Å². The highest BCUT2D eigenvalue weighted by molar-refractivity contribution is 9.10. The molecule has 2 aromatic rings. The minimum Gasteiger partial charge on any atom is -0.478 e. The number of benzene rings is 2. The number of aromatic carboxylic acids is 1. The molecule has 2 N–H and O–H groups in total. The van der Waals surface area contributed by atoms with Gasteiger partial charge in [-0.2, -0.15) is 0 Å². The quantitative estimate of drug-likeness (QED) is 0.882. The molecule has 0 fully saturated rings. The van der Waals surface area contributed by atoms with Crippen molar-refractivity contribution in [2.75, 3.05) is 5.32 Å². The molecule has 0 aliphatic rings. The lowest BCUT2D eigenvalue weighted by Crippen LogP contribution is -2.13. The molecule has 0 bridgehead atoms. The lowest BCUT2D eigenvalue weighted by atomic mass is 10.1. The summed E-state index contributed by atoms with van der Waals surface area (Å²) in [5.74, 6) is -3.49. The summed E-state index contributed by atoms with van der Waals surface area (Å²) >= 11 is 2.96. The summed E-state index contributed by atoms with van der Waals surface area (Å²) in [6.45, 7) is 0. The highest BCUT2D eigenvalue weighted by Gasteiger charge is 2.13. The summed E-state index contributed by atoms with van der Waals surface area (Å²) < 4.78 is 27.2. The van der Waals surface area contributed by atoms with Crippen molar-refractivity contribution in [2.24, 2.45) is 0 Å². The summed E-state index contributed by atoms with van der Waals surface area (Å²) in [4.78, 5) is 22.5. The molecule has 108 valence electrons. The van der Waals surface area contributed by atoms with Gasteiger partial charge in [-0.25, -0.2) is 13.6 Å². The van der Waals surface area contributed by atoms with E-state index in [2.05, 4.69) is 21.2 Å². The van der Waals surface area contributed by atoms with Gasteiger partial charge in [-0.05, 0) is 52.3 Å². The van der Waals surface area contributed by atoms with E-state index in [9.17, 15) is 18.4 Å². The maximum absolute atomic E-state index is 13.7. The highest BCUT2D eigenvalue weighted by atomic mass is 79.9. The predicted molar refractivity (Wildman–Crippen MR) is 75.4 cm³/mol. The Balaban J connectivity index is 2.23. The first-order valence-corrected chi connectivity index (χ1v) is 6.47. The second kappa shape index (κ2) is 6.01. The molecule has 0 spiro atoms. The molecule has 0 atom stereocenters. The molecule has 2 aromatic carbocycles. The van der Waals surface area contributed by atoms with Crippen LogP contribution in [0, 0.1) is 11.6 Å². The normalized spacial score (nSPS) is 10.2. The first-order chi connectivity index (χ1) is 9.88. The van der Waals surface area contributed by atoms with Crippen LogP contribution in [-0.4, -0.2) is 17.0 Å². The van der Waals surface area contributed by atoms with Gasteiger partial charge in [0, 0.05) is 5.56 Å². The number of halogens is 3. The lowest BCUT2D eigenvalue weighted by molar-refractivity contribution is 0.0696. The van der Waals surface area contributed by atoms with E-state index < -0.39 is 23.5 Å². The molecule has 4 nitrogen and oxygen atoms in total. The minimum absolute atomic E-state index is 0.0115. The van der Waals surface area contributed by atoms with Crippen LogP contribution in [0.25, 0.3) is 0 Å². The predicted octanol–water partition coefficient (Wildman–Crippen LogP) is 3.68. The number of carboxylic acid groups (broad SMARTS) is 1. The number of carboxylic acids is 1. The maximum atomic E-state index is 13.7. The Morgan fingerprint density at radius 3 is 2.19 bits per heavy atom. The van der Waals surface area contributed by atoms with Gasteiger partial charge in [-0.15, -0.1) is 0 Å². The lowest BCUT2D eigenvalue weighted by Gasteiger charge is -2.07. The Morgan fingerprint density at radius 2 is 1.62 bits per heavy atom. The van der Waals surface area contributed by atoms with Crippen LogP contribution in [0.1, 0.15) is 20.7 Å². The van der Waals surface area contributed by atoms with Gasteiger partial charge in [0.15, 0.2) is 0 Å². The SMILES string of the molecule is O=C(O)c1ccc(NC(=O)c2ccc(Br)c(F)c2)c(F)c1. The first kappa shape index (κ1) is 15.1. The van der Waals surface area contributed by atoms with Crippen LogP contribution in [0.3, 0.4) is 0 Å². The number of hydrogen-bond acceptors (Lipinski definition) is 2. The highest BCUT2D eigenvalue weighted by Crippen LogP contribution is 2.19. The average Bonchev–Trinajstić information content (AvgIpc) is 2.43. The number of nitrogens with one attached hydrogen (secondary N) is 1. The van der Waals surface area contributed by atoms with E-state index in [1.807, 2.05) is 0 Å². The monoisotopic (exact) mass is 355 g/mol. The van der Waals surface area contributed by atoms with Crippen LogP contribution in [0.15, 0.2) is 40.9 Å². The number of rotatable bonds is 3. The Labute approximate surface area is 126 Å². The molecule has 1 amide bonds. The zero-order chi connectivity index (χ0) is 15.6. The molecule has 0 aliphatic carbocycles. The van der Waals surface area contributed by atoms with E-state index >= 15 is 0 Å². The Kier molecular flexibility index (Phi) is 4.32. The van der Waals surface area contributed by atoms with Crippen molar-refractivity contribution in [1.82, 2.24) is 0 Å². The third-order valence-electron chi connectivity index (χ3n) is 2.65.